The molecule has 0 unspecified atom stereocenters. The highest BCUT2D eigenvalue weighted by Crippen LogP contribution is 2.05. The van der Waals surface area contributed by atoms with Gasteiger partial charge >= 0.3 is 0 Å². The number of halogens is 1. The molecule has 3 rings (SSSR count). The molecule has 0 bridgehead atoms. The van der Waals surface area contributed by atoms with E-state index in [0.717, 1.165) is 36.8 Å². The van der Waals surface area contributed by atoms with Crippen LogP contribution < -0.4 is 10.6 Å². The van der Waals surface area contributed by atoms with Crippen molar-refractivity contribution in [1.29, 1.82) is 0 Å². The minimum absolute atomic E-state index is 0. The maximum Gasteiger partial charge on any atom is 0.191 e. The van der Waals surface area contributed by atoms with Crippen molar-refractivity contribution in [3.8, 4) is 0 Å². The predicted octanol–water partition coefficient (Wildman–Crippen LogP) is 2.92. The van der Waals surface area contributed by atoms with Crippen LogP contribution in [0.3, 0.4) is 0 Å². The summed E-state index contributed by atoms with van der Waals surface area (Å²) in [5.41, 5.74) is 3.33. The van der Waals surface area contributed by atoms with Gasteiger partial charge in [-0.25, -0.2) is 4.98 Å². The smallest absolute Gasteiger partial charge is 0.191 e. The van der Waals surface area contributed by atoms with Crippen molar-refractivity contribution in [2.24, 2.45) is 4.99 Å². The van der Waals surface area contributed by atoms with Crippen LogP contribution in [0.5, 0.6) is 0 Å². The summed E-state index contributed by atoms with van der Waals surface area (Å²) >= 11 is 1.71. The number of hydrogen-bond acceptors (Lipinski definition) is 3. The molecular weight excluding hydrogens is 421 g/mol. The number of hydrogen-bond donors (Lipinski definition) is 2. The average molecular weight is 441 g/mol. The van der Waals surface area contributed by atoms with E-state index in [1.54, 1.807) is 18.4 Å². The predicted molar refractivity (Wildman–Crippen MR) is 107 cm³/mol. The van der Waals surface area contributed by atoms with E-state index in [1.807, 2.05) is 28.8 Å². The maximum atomic E-state index is 4.59. The fourth-order valence-corrected chi connectivity index (χ4v) is 2.88. The number of nitrogens with one attached hydrogen (secondary N) is 2. The van der Waals surface area contributed by atoms with E-state index in [0.29, 0.717) is 0 Å². The van der Waals surface area contributed by atoms with Gasteiger partial charge in [-0.05, 0) is 34.5 Å². The van der Waals surface area contributed by atoms with E-state index in [9.17, 15) is 0 Å². The van der Waals surface area contributed by atoms with Crippen LogP contribution in [0.25, 0.3) is 5.65 Å². The second-order valence-corrected chi connectivity index (χ2v) is 5.71. The van der Waals surface area contributed by atoms with Gasteiger partial charge in [0.15, 0.2) is 5.96 Å². The first-order valence-electron chi connectivity index (χ1n) is 7.23. The standard InChI is InChI=1S/C16H19N5S.HI/c1-17-16(19-10-13-6-9-22-12-13)18-7-5-14-11-21-8-3-2-4-15(21)20-14;/h2-4,6,8-9,11-12H,5,7,10H2,1H3,(H2,17,18,19);1H. The number of rotatable bonds is 5. The van der Waals surface area contributed by atoms with Crippen LogP contribution in [0.15, 0.2) is 52.4 Å². The number of aliphatic imine (C=N–C) groups is 1. The molecule has 7 heteroatoms. The molecule has 5 nitrogen and oxygen atoms in total. The van der Waals surface area contributed by atoms with Crippen molar-refractivity contribution in [2.45, 2.75) is 13.0 Å². The van der Waals surface area contributed by atoms with Crippen molar-refractivity contribution in [3.05, 3.63) is 58.7 Å². The van der Waals surface area contributed by atoms with E-state index in [2.05, 4.69) is 43.6 Å². The summed E-state index contributed by atoms with van der Waals surface area (Å²) < 4.78 is 2.04. The molecule has 0 saturated heterocycles. The fourth-order valence-electron chi connectivity index (χ4n) is 2.22. The van der Waals surface area contributed by atoms with Crippen molar-refractivity contribution < 1.29 is 0 Å². The van der Waals surface area contributed by atoms with Gasteiger partial charge in [0, 0.05) is 39.0 Å². The average Bonchev–Trinajstić information content (AvgIpc) is 3.19. The first-order chi connectivity index (χ1) is 10.8. The molecule has 122 valence electrons. The largest absolute Gasteiger partial charge is 0.356 e. The molecule has 0 fully saturated rings. The maximum absolute atomic E-state index is 4.59. The summed E-state index contributed by atoms with van der Waals surface area (Å²) in [6, 6.07) is 8.13. The molecule has 0 spiro atoms. The first kappa shape index (κ1) is 17.7. The van der Waals surface area contributed by atoms with Gasteiger partial charge in [-0.2, -0.15) is 11.3 Å². The van der Waals surface area contributed by atoms with Gasteiger partial charge in [0.05, 0.1) is 5.69 Å². The van der Waals surface area contributed by atoms with Crippen LogP contribution >= 0.6 is 35.3 Å². The van der Waals surface area contributed by atoms with Crippen LogP contribution in [0.4, 0.5) is 0 Å². The van der Waals surface area contributed by atoms with Gasteiger partial charge in [-0.15, -0.1) is 24.0 Å². The number of aromatic nitrogens is 2. The number of nitrogens with zero attached hydrogens (tertiary/aromatic N) is 3. The van der Waals surface area contributed by atoms with Crippen molar-refractivity contribution in [2.75, 3.05) is 13.6 Å². The van der Waals surface area contributed by atoms with Gasteiger partial charge in [0.25, 0.3) is 0 Å². The van der Waals surface area contributed by atoms with Crippen LogP contribution in [0.1, 0.15) is 11.3 Å². The van der Waals surface area contributed by atoms with E-state index in [-0.39, 0.29) is 24.0 Å². The van der Waals surface area contributed by atoms with Gasteiger partial charge in [-0.1, -0.05) is 6.07 Å². The normalized spacial score (nSPS) is 11.3. The van der Waals surface area contributed by atoms with E-state index in [4.69, 9.17) is 0 Å². The van der Waals surface area contributed by atoms with E-state index < -0.39 is 0 Å². The van der Waals surface area contributed by atoms with Crippen molar-refractivity contribution in [3.63, 3.8) is 0 Å². The lowest BCUT2D eigenvalue weighted by Crippen LogP contribution is -2.37. The summed E-state index contributed by atoms with van der Waals surface area (Å²) in [4.78, 5) is 8.82. The number of fused-ring (bicyclic) bond motifs is 1. The zero-order valence-electron chi connectivity index (χ0n) is 12.9. The van der Waals surface area contributed by atoms with Crippen molar-refractivity contribution >= 4 is 46.9 Å². The highest BCUT2D eigenvalue weighted by Gasteiger charge is 2.02. The molecule has 0 aromatic carbocycles. The lowest BCUT2D eigenvalue weighted by molar-refractivity contribution is 0.788. The Morgan fingerprint density at radius 2 is 2.22 bits per heavy atom. The molecule has 23 heavy (non-hydrogen) atoms. The van der Waals surface area contributed by atoms with Gasteiger partial charge in [0.1, 0.15) is 5.65 Å². The summed E-state index contributed by atoms with van der Waals surface area (Å²) in [5.74, 6) is 0.815. The molecular formula is C16H20IN5S. The molecule has 0 aliphatic rings. The Labute approximate surface area is 156 Å². The van der Waals surface area contributed by atoms with Gasteiger partial charge in [0.2, 0.25) is 0 Å². The highest BCUT2D eigenvalue weighted by molar-refractivity contribution is 14.0. The molecule has 2 N–H and O–H groups in total. The Bertz CT molecular complexity index is 718. The third-order valence-corrected chi connectivity index (χ3v) is 4.08. The molecule has 0 aliphatic heterocycles. The Hall–Kier alpha value is -1.61. The van der Waals surface area contributed by atoms with Crippen LogP contribution in [0.2, 0.25) is 0 Å². The summed E-state index contributed by atoms with van der Waals surface area (Å²) in [5, 5.41) is 10.8. The van der Waals surface area contributed by atoms with Crippen LogP contribution in [0, 0.1) is 0 Å². The van der Waals surface area contributed by atoms with Crippen molar-refractivity contribution in [1.82, 2.24) is 20.0 Å². The zero-order chi connectivity index (χ0) is 15.2. The molecule has 0 atom stereocenters. The molecule has 0 radical (unpaired) electrons. The summed E-state index contributed by atoms with van der Waals surface area (Å²) in [7, 11) is 1.79. The lowest BCUT2D eigenvalue weighted by Gasteiger charge is -2.10. The lowest BCUT2D eigenvalue weighted by atomic mass is 10.3. The number of imidazole rings is 1. The summed E-state index contributed by atoms with van der Waals surface area (Å²) in [6.07, 6.45) is 4.94. The minimum Gasteiger partial charge on any atom is -0.356 e. The summed E-state index contributed by atoms with van der Waals surface area (Å²) in [6.45, 7) is 1.59. The third-order valence-electron chi connectivity index (χ3n) is 3.35. The van der Waals surface area contributed by atoms with E-state index in [1.165, 1.54) is 5.56 Å². The molecule has 3 aromatic rings. The molecule has 3 heterocycles. The van der Waals surface area contributed by atoms with Gasteiger partial charge in [-0.3, -0.25) is 4.99 Å². The van der Waals surface area contributed by atoms with E-state index >= 15 is 0 Å². The molecule has 0 aliphatic carbocycles. The zero-order valence-corrected chi connectivity index (χ0v) is 16.0. The monoisotopic (exact) mass is 441 g/mol. The van der Waals surface area contributed by atoms with Crippen LogP contribution in [-0.4, -0.2) is 28.9 Å². The number of thiophene rings is 1. The first-order valence-corrected chi connectivity index (χ1v) is 8.17. The molecule has 0 amide bonds. The molecule has 3 aromatic heterocycles. The number of pyridine rings is 1. The minimum atomic E-state index is 0. The second kappa shape index (κ2) is 8.88. The Balaban J connectivity index is 0.00000192. The SMILES string of the molecule is CN=C(NCCc1cn2ccccc2n1)NCc1ccsc1.I. The Morgan fingerprint density at radius 1 is 1.30 bits per heavy atom. The van der Waals surface area contributed by atoms with Crippen LogP contribution in [-0.2, 0) is 13.0 Å². The third kappa shape index (κ3) is 4.93. The fraction of sp³-hybridized carbons (Fsp3) is 0.250. The quantitative estimate of drug-likeness (QED) is 0.364. The topological polar surface area (TPSA) is 53.7 Å². The molecule has 0 saturated carbocycles. The Kier molecular flexibility index (Phi) is 6.85. The highest BCUT2D eigenvalue weighted by atomic mass is 127. The number of guanidine groups is 1. The second-order valence-electron chi connectivity index (χ2n) is 4.93. The van der Waals surface area contributed by atoms with Gasteiger partial charge < -0.3 is 15.0 Å². The Morgan fingerprint density at radius 3 is 2.96 bits per heavy atom.